The lowest BCUT2D eigenvalue weighted by molar-refractivity contribution is -0.112. The highest BCUT2D eigenvalue weighted by Crippen LogP contribution is 2.23. The molecule has 6 nitrogen and oxygen atoms in total. The quantitative estimate of drug-likeness (QED) is 0.436. The molecule has 4 rings (SSSR count). The van der Waals surface area contributed by atoms with Gasteiger partial charge in [0.05, 0.1) is 5.56 Å². The number of Topliss-reactive ketones (excluding diaryl/α,β-unsaturated/α-hetero) is 1. The lowest BCUT2D eigenvalue weighted by atomic mass is 10.1. The Bertz CT molecular complexity index is 1070. The van der Waals surface area contributed by atoms with Gasteiger partial charge >= 0.3 is 0 Å². The summed E-state index contributed by atoms with van der Waals surface area (Å²) in [7, 11) is 0. The van der Waals surface area contributed by atoms with E-state index in [9.17, 15) is 9.59 Å². The highest BCUT2D eigenvalue weighted by atomic mass is 32.1. The number of benzene rings is 2. The van der Waals surface area contributed by atoms with Crippen molar-refractivity contribution in [3.8, 4) is 0 Å². The molecule has 0 aliphatic rings. The molecule has 1 N–H and O–H groups in total. The van der Waals surface area contributed by atoms with Gasteiger partial charge in [0.2, 0.25) is 5.13 Å². The van der Waals surface area contributed by atoms with E-state index in [4.69, 9.17) is 0 Å². The zero-order valence-electron chi connectivity index (χ0n) is 13.6. The number of carbonyl (C=O) groups is 2. The van der Waals surface area contributed by atoms with Crippen molar-refractivity contribution in [2.45, 2.75) is 6.54 Å². The summed E-state index contributed by atoms with van der Waals surface area (Å²) in [6, 6.07) is 17.5. The number of aromatic nitrogens is 3. The number of nitrogens with zero attached hydrogens (tertiary/aromatic N) is 3. The Labute approximate surface area is 153 Å². The first-order chi connectivity index (χ1) is 12.7. The zero-order valence-corrected chi connectivity index (χ0v) is 14.4. The van der Waals surface area contributed by atoms with Crippen LogP contribution in [0.25, 0.3) is 10.9 Å². The molecule has 0 fully saturated rings. The minimum absolute atomic E-state index is 0.302. The summed E-state index contributed by atoms with van der Waals surface area (Å²) < 4.78 is 1.98. The lowest BCUT2D eigenvalue weighted by Crippen LogP contribution is -2.22. The molecule has 2 heterocycles. The van der Waals surface area contributed by atoms with Gasteiger partial charge in [-0.05, 0) is 11.6 Å². The maximum atomic E-state index is 12.7. The normalized spacial score (nSPS) is 10.8. The van der Waals surface area contributed by atoms with E-state index in [-0.39, 0.29) is 0 Å². The Morgan fingerprint density at radius 2 is 1.81 bits per heavy atom. The van der Waals surface area contributed by atoms with E-state index in [1.807, 2.05) is 59.2 Å². The monoisotopic (exact) mass is 362 g/mol. The summed E-state index contributed by atoms with van der Waals surface area (Å²) >= 11 is 1.16. The van der Waals surface area contributed by atoms with Crippen LogP contribution in [0.5, 0.6) is 0 Å². The largest absolute Gasteiger partial charge is 0.342 e. The summed E-state index contributed by atoms with van der Waals surface area (Å²) in [6.45, 7) is 0.618. The van der Waals surface area contributed by atoms with Gasteiger partial charge in [0.25, 0.3) is 11.7 Å². The van der Waals surface area contributed by atoms with E-state index in [0.29, 0.717) is 17.2 Å². The molecule has 0 spiro atoms. The van der Waals surface area contributed by atoms with E-state index >= 15 is 0 Å². The number of nitrogens with one attached hydrogen (secondary N) is 1. The first kappa shape index (κ1) is 16.2. The molecule has 0 radical (unpaired) electrons. The van der Waals surface area contributed by atoms with Crippen LogP contribution in [0.15, 0.2) is 66.3 Å². The summed E-state index contributed by atoms with van der Waals surface area (Å²) in [5.41, 5.74) is 3.89. The molecule has 1 amide bonds. The second-order valence-corrected chi connectivity index (χ2v) is 6.53. The Morgan fingerprint density at radius 1 is 1.04 bits per heavy atom. The Kier molecular flexibility index (Phi) is 4.28. The van der Waals surface area contributed by atoms with Crippen LogP contribution < -0.4 is 5.32 Å². The van der Waals surface area contributed by atoms with Crippen molar-refractivity contribution in [2.75, 3.05) is 5.32 Å². The third-order valence-corrected chi connectivity index (χ3v) is 4.62. The first-order valence-corrected chi connectivity index (χ1v) is 8.84. The van der Waals surface area contributed by atoms with Gasteiger partial charge in [-0.3, -0.25) is 14.9 Å². The number of anilines is 1. The van der Waals surface area contributed by atoms with E-state index in [1.165, 1.54) is 5.51 Å². The Hall–Kier alpha value is -3.32. The molecule has 0 bridgehead atoms. The molecule has 0 aliphatic carbocycles. The standard InChI is InChI=1S/C19H14N4O2S/c24-17(18(25)21-19-22-20-12-26-19)15-11-23(10-13-6-2-1-3-7-13)16-9-5-4-8-14(15)16/h1-9,11-12H,10H2,(H,21,22,25). The van der Waals surface area contributed by atoms with E-state index in [0.717, 1.165) is 27.8 Å². The predicted molar refractivity (Wildman–Crippen MR) is 100 cm³/mol. The van der Waals surface area contributed by atoms with Gasteiger partial charge in [-0.15, -0.1) is 10.2 Å². The summed E-state index contributed by atoms with van der Waals surface area (Å²) in [6.07, 6.45) is 1.74. The molecule has 0 unspecified atom stereocenters. The molecule has 7 heteroatoms. The second kappa shape index (κ2) is 6.89. The topological polar surface area (TPSA) is 76.9 Å². The number of rotatable bonds is 5. The molecule has 0 aliphatic heterocycles. The number of ketones is 1. The third-order valence-electron chi connectivity index (χ3n) is 4.02. The van der Waals surface area contributed by atoms with E-state index in [1.54, 1.807) is 6.20 Å². The molecule has 0 atom stereocenters. The molecule has 2 aromatic heterocycles. The number of hydrogen-bond donors (Lipinski definition) is 1. The van der Waals surface area contributed by atoms with Crippen molar-refractivity contribution in [3.05, 3.63) is 77.4 Å². The molecular weight excluding hydrogens is 348 g/mol. The van der Waals surface area contributed by atoms with E-state index < -0.39 is 11.7 Å². The molecule has 4 aromatic rings. The van der Waals surface area contributed by atoms with Gasteiger partial charge in [0.15, 0.2) is 0 Å². The number of para-hydroxylation sites is 1. The van der Waals surface area contributed by atoms with Crippen molar-refractivity contribution in [1.82, 2.24) is 14.8 Å². The van der Waals surface area contributed by atoms with Gasteiger partial charge in [-0.2, -0.15) is 0 Å². The molecular formula is C19H14N4O2S. The highest BCUT2D eigenvalue weighted by Gasteiger charge is 2.22. The van der Waals surface area contributed by atoms with Crippen LogP contribution in [-0.4, -0.2) is 26.5 Å². The summed E-state index contributed by atoms with van der Waals surface area (Å²) in [5, 5.41) is 10.9. The van der Waals surface area contributed by atoms with Crippen molar-refractivity contribution in [3.63, 3.8) is 0 Å². The molecule has 128 valence electrons. The lowest BCUT2D eigenvalue weighted by Gasteiger charge is -2.05. The van der Waals surface area contributed by atoms with Crippen LogP contribution in [-0.2, 0) is 11.3 Å². The maximum Gasteiger partial charge on any atom is 0.298 e. The van der Waals surface area contributed by atoms with Gasteiger partial charge in [0.1, 0.15) is 5.51 Å². The average Bonchev–Trinajstić information content (AvgIpc) is 3.30. The molecule has 2 aromatic carbocycles. The van der Waals surface area contributed by atoms with Crippen LogP contribution in [0.1, 0.15) is 15.9 Å². The average molecular weight is 362 g/mol. The third kappa shape index (κ3) is 3.12. The van der Waals surface area contributed by atoms with Crippen LogP contribution in [0.3, 0.4) is 0 Å². The van der Waals surface area contributed by atoms with Crippen LogP contribution in [0, 0.1) is 0 Å². The highest BCUT2D eigenvalue weighted by molar-refractivity contribution is 7.13. The fourth-order valence-electron chi connectivity index (χ4n) is 2.84. The minimum atomic E-state index is -0.718. The smallest absolute Gasteiger partial charge is 0.298 e. The summed E-state index contributed by atoms with van der Waals surface area (Å²) in [4.78, 5) is 25.0. The maximum absolute atomic E-state index is 12.7. The predicted octanol–water partition coefficient (Wildman–Crippen LogP) is 3.36. The van der Waals surface area contributed by atoms with Crippen molar-refractivity contribution in [2.24, 2.45) is 0 Å². The van der Waals surface area contributed by atoms with Gasteiger partial charge in [0, 0.05) is 23.6 Å². The van der Waals surface area contributed by atoms with E-state index in [2.05, 4.69) is 15.5 Å². The number of carbonyl (C=O) groups excluding carboxylic acids is 2. The number of amides is 1. The molecule has 26 heavy (non-hydrogen) atoms. The summed E-state index contributed by atoms with van der Waals surface area (Å²) in [5.74, 6) is -1.31. The zero-order chi connectivity index (χ0) is 17.9. The van der Waals surface area contributed by atoms with Crippen molar-refractivity contribution in [1.29, 1.82) is 0 Å². The number of hydrogen-bond acceptors (Lipinski definition) is 5. The first-order valence-electron chi connectivity index (χ1n) is 7.96. The van der Waals surface area contributed by atoms with Crippen LogP contribution in [0.2, 0.25) is 0 Å². The molecule has 0 saturated carbocycles. The van der Waals surface area contributed by atoms with Gasteiger partial charge in [-0.25, -0.2) is 0 Å². The number of fused-ring (bicyclic) bond motifs is 1. The fraction of sp³-hybridized carbons (Fsp3) is 0.0526. The van der Waals surface area contributed by atoms with Gasteiger partial charge in [-0.1, -0.05) is 59.9 Å². The Balaban J connectivity index is 1.69. The SMILES string of the molecule is O=C(Nc1nncs1)C(=O)c1cn(Cc2ccccc2)c2ccccc12. The van der Waals surface area contributed by atoms with Crippen LogP contribution in [0.4, 0.5) is 5.13 Å². The Morgan fingerprint density at radius 3 is 2.58 bits per heavy atom. The van der Waals surface area contributed by atoms with Gasteiger partial charge < -0.3 is 4.57 Å². The van der Waals surface area contributed by atoms with Crippen LogP contribution >= 0.6 is 11.3 Å². The molecule has 0 saturated heterocycles. The van der Waals surface area contributed by atoms with Crippen molar-refractivity contribution >= 4 is 39.1 Å². The van der Waals surface area contributed by atoms with Crippen molar-refractivity contribution < 1.29 is 9.59 Å². The fourth-order valence-corrected chi connectivity index (χ4v) is 3.28. The minimum Gasteiger partial charge on any atom is -0.342 e. The second-order valence-electron chi connectivity index (χ2n) is 5.70.